The molecule has 0 saturated carbocycles. The van der Waals surface area contributed by atoms with E-state index in [9.17, 15) is 14.0 Å². The lowest BCUT2D eigenvalue weighted by Crippen LogP contribution is -2.60. The number of piperidine rings is 1. The molecule has 0 spiro atoms. The second kappa shape index (κ2) is 7.17. The van der Waals surface area contributed by atoms with Crippen LogP contribution in [0.5, 0.6) is 5.75 Å². The summed E-state index contributed by atoms with van der Waals surface area (Å²) in [7, 11) is 1.35. The number of ether oxygens (including phenoxy) is 2. The van der Waals surface area contributed by atoms with Crippen LogP contribution in [0.15, 0.2) is 18.2 Å². The van der Waals surface area contributed by atoms with E-state index in [1.807, 2.05) is 0 Å². The van der Waals surface area contributed by atoms with Gasteiger partial charge in [0, 0.05) is 13.0 Å². The SMILES string of the molecule is COc1cccc(C(=O)N[C@H]2CCC(=O)N[C@@H]2C2CCCO2)c1F. The Morgan fingerprint density at radius 3 is 2.96 bits per heavy atom. The molecule has 0 bridgehead atoms. The number of rotatable bonds is 4. The summed E-state index contributed by atoms with van der Waals surface area (Å²) >= 11 is 0. The fourth-order valence-corrected chi connectivity index (χ4v) is 3.31. The lowest BCUT2D eigenvalue weighted by atomic mass is 9.92. The number of nitrogens with one attached hydrogen (secondary N) is 2. The van der Waals surface area contributed by atoms with Crippen molar-refractivity contribution in [3.05, 3.63) is 29.6 Å². The lowest BCUT2D eigenvalue weighted by Gasteiger charge is -2.36. The summed E-state index contributed by atoms with van der Waals surface area (Å²) in [6.45, 7) is 0.655. The molecule has 2 aliphatic heterocycles. The fraction of sp³-hybridized carbons (Fsp3) is 0.529. The van der Waals surface area contributed by atoms with E-state index in [2.05, 4.69) is 10.6 Å². The van der Waals surface area contributed by atoms with E-state index in [1.165, 1.54) is 19.2 Å². The van der Waals surface area contributed by atoms with E-state index in [-0.39, 0.29) is 35.4 Å². The summed E-state index contributed by atoms with van der Waals surface area (Å²) in [6.07, 6.45) is 2.49. The van der Waals surface area contributed by atoms with Crippen LogP contribution in [-0.4, -0.2) is 43.7 Å². The molecule has 1 aromatic rings. The Morgan fingerprint density at radius 2 is 2.25 bits per heavy atom. The van der Waals surface area contributed by atoms with Crippen molar-refractivity contribution in [3.8, 4) is 5.75 Å². The van der Waals surface area contributed by atoms with Crippen molar-refractivity contribution in [1.29, 1.82) is 0 Å². The first-order valence-electron chi connectivity index (χ1n) is 8.14. The van der Waals surface area contributed by atoms with Gasteiger partial charge in [0.25, 0.3) is 5.91 Å². The van der Waals surface area contributed by atoms with Gasteiger partial charge in [-0.25, -0.2) is 4.39 Å². The van der Waals surface area contributed by atoms with Gasteiger partial charge in [-0.2, -0.15) is 0 Å². The van der Waals surface area contributed by atoms with Crippen molar-refractivity contribution in [3.63, 3.8) is 0 Å². The molecule has 24 heavy (non-hydrogen) atoms. The predicted octanol–water partition coefficient (Wildman–Crippen LogP) is 1.39. The number of halogens is 1. The Hall–Kier alpha value is -2.15. The molecular formula is C17H21FN2O4. The molecule has 1 unspecified atom stereocenters. The fourth-order valence-electron chi connectivity index (χ4n) is 3.31. The topological polar surface area (TPSA) is 76.7 Å². The Labute approximate surface area is 139 Å². The van der Waals surface area contributed by atoms with E-state index in [0.717, 1.165) is 12.8 Å². The summed E-state index contributed by atoms with van der Waals surface area (Å²) in [5.41, 5.74) is -0.0719. The third kappa shape index (κ3) is 3.36. The van der Waals surface area contributed by atoms with Gasteiger partial charge in [0.05, 0.1) is 30.9 Å². The van der Waals surface area contributed by atoms with E-state index in [1.54, 1.807) is 6.07 Å². The largest absolute Gasteiger partial charge is 0.494 e. The second-order valence-electron chi connectivity index (χ2n) is 6.09. The smallest absolute Gasteiger partial charge is 0.254 e. The van der Waals surface area contributed by atoms with Gasteiger partial charge in [-0.1, -0.05) is 6.07 Å². The van der Waals surface area contributed by atoms with Crippen LogP contribution in [0.3, 0.4) is 0 Å². The van der Waals surface area contributed by atoms with Crippen molar-refractivity contribution in [1.82, 2.24) is 10.6 Å². The summed E-state index contributed by atoms with van der Waals surface area (Å²) < 4.78 is 24.8. The molecule has 0 aliphatic carbocycles. The maximum absolute atomic E-state index is 14.3. The summed E-state index contributed by atoms with van der Waals surface area (Å²) in [4.78, 5) is 24.2. The molecule has 6 nitrogen and oxygen atoms in total. The Kier molecular flexibility index (Phi) is 4.99. The number of carbonyl (C=O) groups excluding carboxylic acids is 2. The van der Waals surface area contributed by atoms with Gasteiger partial charge in [0.15, 0.2) is 11.6 Å². The minimum absolute atomic E-state index is 0.0234. The number of amides is 2. The van der Waals surface area contributed by atoms with Crippen LogP contribution >= 0.6 is 0 Å². The minimum Gasteiger partial charge on any atom is -0.494 e. The van der Waals surface area contributed by atoms with Gasteiger partial charge in [-0.05, 0) is 31.4 Å². The number of hydrogen-bond donors (Lipinski definition) is 2. The Balaban J connectivity index is 1.75. The van der Waals surface area contributed by atoms with E-state index >= 15 is 0 Å². The average molecular weight is 336 g/mol. The number of hydrogen-bond acceptors (Lipinski definition) is 4. The van der Waals surface area contributed by atoms with Crippen molar-refractivity contribution < 1.29 is 23.5 Å². The molecule has 0 aromatic heterocycles. The summed E-state index contributed by atoms with van der Waals surface area (Å²) in [5.74, 6) is -1.23. The van der Waals surface area contributed by atoms with E-state index in [0.29, 0.717) is 19.4 Å². The average Bonchev–Trinajstić information content (AvgIpc) is 3.11. The van der Waals surface area contributed by atoms with Gasteiger partial charge in [0.1, 0.15) is 0 Å². The molecule has 2 saturated heterocycles. The molecule has 3 atom stereocenters. The van der Waals surface area contributed by atoms with Crippen molar-refractivity contribution in [2.45, 2.75) is 43.9 Å². The van der Waals surface area contributed by atoms with Gasteiger partial charge < -0.3 is 20.1 Å². The molecule has 130 valence electrons. The third-order valence-corrected chi connectivity index (χ3v) is 4.55. The number of carbonyl (C=O) groups is 2. The van der Waals surface area contributed by atoms with Crippen molar-refractivity contribution in [2.75, 3.05) is 13.7 Å². The van der Waals surface area contributed by atoms with Gasteiger partial charge >= 0.3 is 0 Å². The summed E-state index contributed by atoms with van der Waals surface area (Å²) in [6, 6.07) is 3.87. The third-order valence-electron chi connectivity index (χ3n) is 4.55. The zero-order valence-electron chi connectivity index (χ0n) is 13.5. The van der Waals surface area contributed by atoms with Gasteiger partial charge in [0.2, 0.25) is 5.91 Å². The highest BCUT2D eigenvalue weighted by atomic mass is 19.1. The second-order valence-corrected chi connectivity index (χ2v) is 6.09. The first kappa shape index (κ1) is 16.7. The molecule has 3 rings (SSSR count). The molecule has 7 heteroatoms. The van der Waals surface area contributed by atoms with Crippen LogP contribution in [0, 0.1) is 5.82 Å². The first-order chi connectivity index (χ1) is 11.6. The zero-order valence-corrected chi connectivity index (χ0v) is 13.5. The lowest BCUT2D eigenvalue weighted by molar-refractivity contribution is -0.125. The van der Waals surface area contributed by atoms with Crippen LogP contribution in [0.25, 0.3) is 0 Å². The van der Waals surface area contributed by atoms with Crippen LogP contribution < -0.4 is 15.4 Å². The van der Waals surface area contributed by atoms with Crippen molar-refractivity contribution in [2.24, 2.45) is 0 Å². The van der Waals surface area contributed by atoms with Crippen molar-refractivity contribution >= 4 is 11.8 Å². The quantitative estimate of drug-likeness (QED) is 0.871. The molecule has 2 amide bonds. The molecule has 2 fully saturated rings. The Morgan fingerprint density at radius 1 is 1.42 bits per heavy atom. The Bertz CT molecular complexity index is 631. The summed E-state index contributed by atoms with van der Waals surface area (Å²) in [5, 5.41) is 5.75. The first-order valence-corrected chi connectivity index (χ1v) is 8.14. The van der Waals surface area contributed by atoms with Crippen LogP contribution in [0.2, 0.25) is 0 Å². The van der Waals surface area contributed by atoms with Gasteiger partial charge in [-0.3, -0.25) is 9.59 Å². The van der Waals surface area contributed by atoms with Crippen LogP contribution in [-0.2, 0) is 9.53 Å². The van der Waals surface area contributed by atoms with Crippen LogP contribution in [0.1, 0.15) is 36.0 Å². The highest BCUT2D eigenvalue weighted by Gasteiger charge is 2.37. The molecule has 2 N–H and O–H groups in total. The minimum atomic E-state index is -0.689. The van der Waals surface area contributed by atoms with Crippen LogP contribution in [0.4, 0.5) is 4.39 Å². The molecule has 1 aromatic carbocycles. The van der Waals surface area contributed by atoms with E-state index < -0.39 is 11.7 Å². The maximum atomic E-state index is 14.3. The molecular weight excluding hydrogens is 315 g/mol. The standard InChI is InChI=1S/C17H21FN2O4/c1-23-12-5-2-4-10(15(12)18)17(22)19-11-7-8-14(21)20-16(11)13-6-3-9-24-13/h2,4-5,11,13,16H,3,6-9H2,1H3,(H,19,22)(H,20,21)/t11-,13?,16-/m0/s1. The highest BCUT2D eigenvalue weighted by Crippen LogP contribution is 2.24. The zero-order chi connectivity index (χ0) is 17.1. The number of benzene rings is 1. The molecule has 0 radical (unpaired) electrons. The van der Waals surface area contributed by atoms with Gasteiger partial charge in [-0.15, -0.1) is 0 Å². The predicted molar refractivity (Wildman–Crippen MR) is 84.3 cm³/mol. The molecule has 2 aliphatic rings. The normalized spacial score (nSPS) is 26.8. The highest BCUT2D eigenvalue weighted by molar-refractivity contribution is 5.95. The number of methoxy groups -OCH3 is 1. The monoisotopic (exact) mass is 336 g/mol. The van der Waals surface area contributed by atoms with E-state index in [4.69, 9.17) is 9.47 Å². The maximum Gasteiger partial charge on any atom is 0.254 e. The molecule has 2 heterocycles.